The van der Waals surface area contributed by atoms with Gasteiger partial charge in [-0.15, -0.1) is 0 Å². The van der Waals surface area contributed by atoms with Crippen molar-refractivity contribution in [2.75, 3.05) is 32.8 Å². The van der Waals surface area contributed by atoms with Crippen LogP contribution in [0, 0.1) is 55.8 Å². The van der Waals surface area contributed by atoms with E-state index in [2.05, 4.69) is 36.6 Å². The van der Waals surface area contributed by atoms with Crippen molar-refractivity contribution in [2.24, 2.45) is 35.3 Å². The van der Waals surface area contributed by atoms with Crippen LogP contribution in [0.5, 0.6) is 5.75 Å². The number of esters is 1. The van der Waals surface area contributed by atoms with Crippen LogP contribution in [0.4, 0.5) is 0 Å². The summed E-state index contributed by atoms with van der Waals surface area (Å²) in [5.41, 5.74) is 7.19. The molecular formula is C104H133N11O17S. The van der Waals surface area contributed by atoms with Gasteiger partial charge in [0.05, 0.1) is 97.1 Å². The summed E-state index contributed by atoms with van der Waals surface area (Å²) in [7, 11) is -4.41. The molecule has 0 saturated heterocycles. The van der Waals surface area contributed by atoms with Gasteiger partial charge in [0.25, 0.3) is 10.0 Å². The monoisotopic (exact) mass is 1840 g/mol. The summed E-state index contributed by atoms with van der Waals surface area (Å²) >= 11 is 0. The number of nitrogens with two attached hydrogens (primary N) is 1. The van der Waals surface area contributed by atoms with Crippen molar-refractivity contribution in [3.63, 3.8) is 0 Å². The van der Waals surface area contributed by atoms with Crippen LogP contribution in [0.15, 0.2) is 199 Å². The van der Waals surface area contributed by atoms with Gasteiger partial charge in [-0.3, -0.25) is 58.1 Å². The number of hydrogen-bond donors (Lipinski definition) is 9. The summed E-state index contributed by atoms with van der Waals surface area (Å²) in [5, 5.41) is 25.8. The first kappa shape index (κ1) is 105. The molecule has 0 aliphatic carbocycles. The number of ether oxygens (including phenoxy) is 4. The van der Waals surface area contributed by atoms with Crippen LogP contribution in [0.3, 0.4) is 0 Å². The van der Waals surface area contributed by atoms with Crippen LogP contribution in [0.2, 0.25) is 0 Å². The fourth-order valence-electron chi connectivity index (χ4n) is 16.8. The Bertz CT molecular complexity index is 5330. The van der Waals surface area contributed by atoms with E-state index in [-0.39, 0.29) is 49.6 Å². The second-order valence-corrected chi connectivity index (χ2v) is 40.3. The largest absolute Gasteiger partial charge is 0.487 e. The number of imidazole rings is 1. The topological polar surface area (TPSA) is 411 Å². The average Bonchev–Trinajstić information content (AvgIpc) is 1.40. The van der Waals surface area contributed by atoms with Crippen molar-refractivity contribution in [3.05, 3.63) is 256 Å². The third-order valence-electron chi connectivity index (χ3n) is 23.3. The fourth-order valence-corrected chi connectivity index (χ4v) is 18.3. The highest BCUT2D eigenvalue weighted by molar-refractivity contribution is 7.90. The van der Waals surface area contributed by atoms with Crippen LogP contribution in [-0.2, 0) is 101 Å². The lowest BCUT2D eigenvalue weighted by atomic mass is 9.76. The van der Waals surface area contributed by atoms with E-state index in [0.717, 1.165) is 22.3 Å². The number of guanidine groups is 1. The third-order valence-corrected chi connectivity index (χ3v) is 24.9. The number of fused-ring (bicyclic) bond motifs is 1. The number of nitrogens with one attached hydrogen (secondary N) is 8. The van der Waals surface area contributed by atoms with E-state index >= 15 is 24.0 Å². The lowest BCUT2D eigenvalue weighted by molar-refractivity contribution is -0.158. The van der Waals surface area contributed by atoms with Gasteiger partial charge in [-0.2, -0.15) is 0 Å². The zero-order valence-corrected chi connectivity index (χ0v) is 80.5. The molecule has 0 fully saturated rings. The zero-order valence-electron chi connectivity index (χ0n) is 79.7. The van der Waals surface area contributed by atoms with Crippen molar-refractivity contribution in [1.82, 2.24) is 46.2 Å². The highest BCUT2D eigenvalue weighted by atomic mass is 32.2. The Morgan fingerprint density at radius 1 is 0.534 bits per heavy atom. The Morgan fingerprint density at radius 3 is 1.49 bits per heavy atom. The van der Waals surface area contributed by atoms with Crippen LogP contribution in [0.25, 0.3) is 0 Å². The Labute approximate surface area is 782 Å². The van der Waals surface area contributed by atoms with Gasteiger partial charge in [0.1, 0.15) is 45.6 Å². The maximum Gasteiger partial charge on any atom is 0.307 e. The molecule has 8 aromatic rings. The van der Waals surface area contributed by atoms with E-state index in [0.29, 0.717) is 57.7 Å². The minimum Gasteiger partial charge on any atom is -0.487 e. The van der Waals surface area contributed by atoms with Gasteiger partial charge >= 0.3 is 5.97 Å². The summed E-state index contributed by atoms with van der Waals surface area (Å²) in [6.45, 7) is 27.2. The lowest BCUT2D eigenvalue weighted by Crippen LogP contribution is -2.53. The number of carbonyl (C=O) groups is 11. The second kappa shape index (κ2) is 46.0. The van der Waals surface area contributed by atoms with E-state index < -0.39 is 207 Å². The number of ketones is 5. The molecule has 712 valence electrons. The summed E-state index contributed by atoms with van der Waals surface area (Å²) in [6, 6.07) is 52.2. The maximum absolute atomic E-state index is 16.1. The Hall–Kier alpha value is -12.2. The number of amides is 5. The van der Waals surface area contributed by atoms with Crippen molar-refractivity contribution in [1.29, 1.82) is 5.41 Å². The fraction of sp³-hybridized carbons (Fsp3) is 0.452. The lowest BCUT2D eigenvalue weighted by Gasteiger charge is -2.37. The molecule has 0 bridgehead atoms. The average molecular weight is 1840 g/mol. The third kappa shape index (κ3) is 29.2. The first-order valence-corrected chi connectivity index (χ1v) is 46.9. The number of nitrogens with zero attached hydrogens (tertiary/aromatic N) is 2. The predicted molar refractivity (Wildman–Crippen MR) is 509 cm³/mol. The van der Waals surface area contributed by atoms with Gasteiger partial charge < -0.3 is 61.1 Å². The number of Topliss-reactive ketones (excluding diaryl/α,β-unsaturated/α-hetero) is 5. The summed E-state index contributed by atoms with van der Waals surface area (Å²) in [6.07, 6.45) is -0.377. The van der Waals surface area contributed by atoms with E-state index in [1.165, 1.54) is 6.92 Å². The Balaban J connectivity index is 1.08. The van der Waals surface area contributed by atoms with Crippen molar-refractivity contribution in [2.45, 2.75) is 245 Å². The molecule has 1 aliphatic heterocycles. The van der Waals surface area contributed by atoms with Crippen molar-refractivity contribution < 1.29 is 80.1 Å². The number of hydrogen-bond acceptors (Lipinski definition) is 20. The smallest absolute Gasteiger partial charge is 0.307 e. The maximum atomic E-state index is 16.1. The summed E-state index contributed by atoms with van der Waals surface area (Å²) in [4.78, 5) is 168. The predicted octanol–water partition coefficient (Wildman–Crippen LogP) is 12.5. The molecule has 9 rings (SSSR count). The van der Waals surface area contributed by atoms with Crippen LogP contribution >= 0.6 is 0 Å². The highest BCUT2D eigenvalue weighted by Gasteiger charge is 2.45. The minimum atomic E-state index is -4.41. The second-order valence-electron chi connectivity index (χ2n) is 38.7. The molecule has 0 unspecified atom stereocenters. The molecule has 0 saturated carbocycles. The van der Waals surface area contributed by atoms with Crippen LogP contribution in [0.1, 0.15) is 216 Å². The summed E-state index contributed by atoms with van der Waals surface area (Å²) in [5.74, 6) is -14.0. The molecule has 28 nitrogen and oxygen atoms in total. The molecule has 0 radical (unpaired) electrons. The Kier molecular flexibility index (Phi) is 36.1. The normalized spacial score (nSPS) is 14.4. The van der Waals surface area contributed by atoms with Gasteiger partial charge in [-0.1, -0.05) is 196 Å². The SMILES string of the molecule is CC(=O)CNC(=O)[C@@H](CC(=O)[C@H](CC(=O)NC(c1ccccc1)(c1ccccc1)c1ccccc1)NC(=O)[C@H](CC(=O)OC(C)(C)C)CC(=O)[C@H](COC(C)(C)C)NC(=O)[C@H](CCCNC(=N)NS(=O)(=O)c1c(C)c(C)c2c(c1C)CC(C)(C)O2)CC(=O)CNC(=O)[C@H](COC(C)(C)C)CC(=O)[C@@H](N)CC(C)C)Cc1cn(C(c2ccccc2)(c2ccccc2)c2ccccc2)cn1. The molecule has 10 N–H and O–H groups in total. The molecule has 0 spiro atoms. The van der Waals surface area contributed by atoms with Gasteiger partial charge in [0.2, 0.25) is 35.5 Å². The molecule has 2 heterocycles. The zero-order chi connectivity index (χ0) is 97.6. The molecule has 7 aromatic carbocycles. The molecule has 5 amide bonds. The van der Waals surface area contributed by atoms with Gasteiger partial charge in [-0.25, -0.2) is 18.1 Å². The Morgan fingerprint density at radius 2 is 0.992 bits per heavy atom. The van der Waals surface area contributed by atoms with Crippen LogP contribution in [-0.4, -0.2) is 162 Å². The highest BCUT2D eigenvalue weighted by Crippen LogP contribution is 2.45. The number of sulfonamides is 1. The quantitative estimate of drug-likeness (QED) is 0.00562. The van der Waals surface area contributed by atoms with E-state index in [1.807, 2.05) is 214 Å². The van der Waals surface area contributed by atoms with E-state index in [4.69, 9.17) is 35.1 Å². The van der Waals surface area contributed by atoms with E-state index in [9.17, 15) is 37.2 Å². The van der Waals surface area contributed by atoms with Crippen LogP contribution < -0.4 is 47.1 Å². The van der Waals surface area contributed by atoms with Gasteiger partial charge in [0.15, 0.2) is 17.3 Å². The van der Waals surface area contributed by atoms with Crippen molar-refractivity contribution >= 4 is 80.4 Å². The molecule has 133 heavy (non-hydrogen) atoms. The molecule has 29 heteroatoms. The van der Waals surface area contributed by atoms with Gasteiger partial charge in [-0.05, 0) is 179 Å². The minimum absolute atomic E-state index is 0.0140. The first-order valence-electron chi connectivity index (χ1n) is 45.4. The summed E-state index contributed by atoms with van der Waals surface area (Å²) < 4.78 is 57.2. The number of carbonyl (C=O) groups excluding carboxylic acids is 11. The molecular weight excluding hydrogens is 1710 g/mol. The molecule has 7 atom stereocenters. The van der Waals surface area contributed by atoms with E-state index in [1.54, 1.807) is 95.6 Å². The molecule has 1 aromatic heterocycles. The number of aromatic nitrogens is 2. The standard InChI is InChI=1S/C104H133N11O17S/c1-66(2)51-84(105)87(118)56-74(63-129-99(7,8)9)95(124)109-61-82(117)53-71(37-36-50-107-98(106)114-133(127,128)93-69(5)68(4)92-83(70(93)6)59-102(16,17)132-92)96(125)112-86(64-130-100(10,11)12)89(120)55-73(57-91(122)131-101(13,14)15)97(126)111-85(58-90(121)113-103(75-38-24-18-25-39-75,76-40-26-19-27-41-76)77-42-28-20-29-43-77)88(119)54-72(94(123)108-60-67(3)116)52-81-62-115(65-110-81)104(78-44-30-21-31-45-78,79-46-32-22-33-47-79)80-48-34-23-35-49-80/h18-35,38-49,62,65-66,71-74,84-86H,36-37,50-61,63-64,105H2,1-17H3,(H,108,123)(H,109,124)(H,111,126)(H,112,125)(H,113,121)(H3,106,107,114)/t71-,72-,73+,74+,84+,85+,86+/m1/s1. The first-order chi connectivity index (χ1) is 62.6. The van der Waals surface area contributed by atoms with Gasteiger partial charge in [0, 0.05) is 62.7 Å². The van der Waals surface area contributed by atoms with Crippen molar-refractivity contribution in [3.8, 4) is 5.75 Å². The molecule has 1 aliphatic rings. The number of benzene rings is 7. The number of rotatable bonds is 47.